The standard InChI is InChI=1S/C26H27F2N3O/c1-30(17-21-5-2-3-6-23(21)28)18-26(32)31-14-4-7-25(31)24-13-10-20(16-29-24)15-19-8-11-22(27)12-9-19/h2-3,5-6,8-13,16,25H,4,7,14-15,17-18H2,1H3. The lowest BCUT2D eigenvalue weighted by Gasteiger charge is -2.27. The number of carbonyl (C=O) groups excluding carboxylic acids is 1. The summed E-state index contributed by atoms with van der Waals surface area (Å²) in [6.07, 6.45) is 4.34. The smallest absolute Gasteiger partial charge is 0.237 e. The summed E-state index contributed by atoms with van der Waals surface area (Å²) in [6.45, 7) is 1.32. The van der Waals surface area contributed by atoms with Gasteiger partial charge in [-0.2, -0.15) is 0 Å². The number of rotatable bonds is 7. The van der Waals surface area contributed by atoms with Gasteiger partial charge < -0.3 is 4.90 Å². The molecule has 1 amide bonds. The van der Waals surface area contributed by atoms with E-state index in [4.69, 9.17) is 0 Å². The zero-order chi connectivity index (χ0) is 22.5. The highest BCUT2D eigenvalue weighted by Gasteiger charge is 2.31. The number of hydrogen-bond donors (Lipinski definition) is 0. The van der Waals surface area contributed by atoms with Crippen molar-refractivity contribution in [1.29, 1.82) is 0 Å². The van der Waals surface area contributed by atoms with E-state index in [2.05, 4.69) is 4.98 Å². The van der Waals surface area contributed by atoms with Gasteiger partial charge in [-0.05, 0) is 61.7 Å². The summed E-state index contributed by atoms with van der Waals surface area (Å²) in [6, 6.07) is 17.1. The number of benzene rings is 2. The second-order valence-electron chi connectivity index (χ2n) is 8.40. The Hall–Kier alpha value is -3.12. The minimum absolute atomic E-state index is 0.0310. The molecule has 1 unspecified atom stereocenters. The third-order valence-electron chi connectivity index (χ3n) is 5.89. The fourth-order valence-electron chi connectivity index (χ4n) is 4.24. The second kappa shape index (κ2) is 10.0. The van der Waals surface area contributed by atoms with E-state index < -0.39 is 0 Å². The minimum Gasteiger partial charge on any atom is -0.333 e. The molecule has 0 N–H and O–H groups in total. The van der Waals surface area contributed by atoms with Crippen LogP contribution >= 0.6 is 0 Å². The average molecular weight is 436 g/mol. The molecule has 2 heterocycles. The Morgan fingerprint density at radius 1 is 1.06 bits per heavy atom. The molecule has 1 aliphatic heterocycles. The van der Waals surface area contributed by atoms with E-state index in [1.54, 1.807) is 30.3 Å². The Labute approximate surface area is 187 Å². The minimum atomic E-state index is -0.254. The Morgan fingerprint density at radius 2 is 1.81 bits per heavy atom. The van der Waals surface area contributed by atoms with Crippen molar-refractivity contribution in [1.82, 2.24) is 14.8 Å². The van der Waals surface area contributed by atoms with Crippen LogP contribution in [0, 0.1) is 11.6 Å². The van der Waals surface area contributed by atoms with Crippen LogP contribution < -0.4 is 0 Å². The van der Waals surface area contributed by atoms with Crippen LogP contribution in [0.25, 0.3) is 0 Å². The quantitative estimate of drug-likeness (QED) is 0.538. The Balaban J connectivity index is 1.37. The number of likely N-dealkylation sites (tertiary alicyclic amines) is 1. The molecular weight excluding hydrogens is 408 g/mol. The zero-order valence-electron chi connectivity index (χ0n) is 18.2. The molecule has 1 aromatic heterocycles. The van der Waals surface area contributed by atoms with Crippen molar-refractivity contribution < 1.29 is 13.6 Å². The van der Waals surface area contributed by atoms with Crippen molar-refractivity contribution in [2.24, 2.45) is 0 Å². The van der Waals surface area contributed by atoms with Gasteiger partial charge in [0.25, 0.3) is 0 Å². The van der Waals surface area contributed by atoms with E-state index in [0.29, 0.717) is 25.1 Å². The number of hydrogen-bond acceptors (Lipinski definition) is 3. The van der Waals surface area contributed by atoms with Crippen LogP contribution in [0.3, 0.4) is 0 Å². The van der Waals surface area contributed by atoms with Crippen LogP contribution in [0.1, 0.15) is 41.3 Å². The van der Waals surface area contributed by atoms with Gasteiger partial charge in [-0.25, -0.2) is 8.78 Å². The number of halogens is 2. The lowest BCUT2D eigenvalue weighted by Crippen LogP contribution is -2.38. The molecule has 3 aromatic rings. The highest BCUT2D eigenvalue weighted by Crippen LogP contribution is 2.31. The van der Waals surface area contributed by atoms with E-state index in [1.165, 1.54) is 18.2 Å². The topological polar surface area (TPSA) is 36.4 Å². The molecule has 0 saturated carbocycles. The molecule has 4 nitrogen and oxygen atoms in total. The van der Waals surface area contributed by atoms with Crippen molar-refractivity contribution >= 4 is 5.91 Å². The molecule has 166 valence electrons. The Bertz CT molecular complexity index is 1050. The first-order valence-corrected chi connectivity index (χ1v) is 10.9. The molecule has 0 bridgehead atoms. The zero-order valence-corrected chi connectivity index (χ0v) is 18.2. The van der Waals surface area contributed by atoms with Gasteiger partial charge >= 0.3 is 0 Å². The predicted octanol–water partition coefficient (Wildman–Crippen LogP) is 4.75. The maximum Gasteiger partial charge on any atom is 0.237 e. The first kappa shape index (κ1) is 22.1. The molecular formula is C26H27F2N3O. The maximum absolute atomic E-state index is 13.9. The lowest BCUT2D eigenvalue weighted by molar-refractivity contribution is -0.133. The van der Waals surface area contributed by atoms with E-state index >= 15 is 0 Å². The number of carbonyl (C=O) groups is 1. The highest BCUT2D eigenvalue weighted by atomic mass is 19.1. The van der Waals surface area contributed by atoms with Crippen molar-refractivity contribution in [3.8, 4) is 0 Å². The number of amides is 1. The van der Waals surface area contributed by atoms with Gasteiger partial charge in [-0.3, -0.25) is 14.7 Å². The first-order valence-electron chi connectivity index (χ1n) is 10.9. The molecule has 6 heteroatoms. The fraction of sp³-hybridized carbons (Fsp3) is 0.308. The Morgan fingerprint density at radius 3 is 2.53 bits per heavy atom. The van der Waals surface area contributed by atoms with Gasteiger partial charge in [-0.15, -0.1) is 0 Å². The van der Waals surface area contributed by atoms with Crippen molar-refractivity contribution in [2.75, 3.05) is 20.1 Å². The SMILES string of the molecule is CN(CC(=O)N1CCCC1c1ccc(Cc2ccc(F)cc2)cn1)Cc1ccccc1F. The van der Waals surface area contributed by atoms with Gasteiger partial charge in [-0.1, -0.05) is 36.4 Å². The molecule has 1 saturated heterocycles. The molecule has 32 heavy (non-hydrogen) atoms. The van der Waals surface area contributed by atoms with Crippen LogP contribution in [0.5, 0.6) is 0 Å². The third-order valence-corrected chi connectivity index (χ3v) is 5.89. The maximum atomic E-state index is 13.9. The molecule has 1 fully saturated rings. The molecule has 0 aliphatic carbocycles. The second-order valence-corrected chi connectivity index (χ2v) is 8.40. The van der Waals surface area contributed by atoms with E-state index in [9.17, 15) is 13.6 Å². The van der Waals surface area contributed by atoms with E-state index in [1.807, 2.05) is 35.2 Å². The molecule has 4 rings (SSSR count). The predicted molar refractivity (Wildman–Crippen MR) is 120 cm³/mol. The fourth-order valence-corrected chi connectivity index (χ4v) is 4.24. The Kier molecular flexibility index (Phi) is 6.90. The summed E-state index contributed by atoms with van der Waals surface area (Å²) < 4.78 is 27.0. The normalized spacial score (nSPS) is 16.0. The monoisotopic (exact) mass is 435 g/mol. The van der Waals surface area contributed by atoms with Gasteiger partial charge in [0.15, 0.2) is 0 Å². The van der Waals surface area contributed by atoms with Crippen molar-refractivity contribution in [3.05, 3.63) is 101 Å². The van der Waals surface area contributed by atoms with Gasteiger partial charge in [0, 0.05) is 24.8 Å². The van der Waals surface area contributed by atoms with Crippen molar-refractivity contribution in [3.63, 3.8) is 0 Å². The number of aromatic nitrogens is 1. The molecule has 0 spiro atoms. The van der Waals surface area contributed by atoms with E-state index in [-0.39, 0.29) is 30.1 Å². The lowest BCUT2D eigenvalue weighted by atomic mass is 10.0. The largest absolute Gasteiger partial charge is 0.333 e. The van der Waals surface area contributed by atoms with Crippen LogP contribution in [0.15, 0.2) is 66.9 Å². The van der Waals surface area contributed by atoms with Gasteiger partial charge in [0.2, 0.25) is 5.91 Å². The molecule has 0 radical (unpaired) electrons. The summed E-state index contributed by atoms with van der Waals surface area (Å²) in [5.74, 6) is -0.466. The van der Waals surface area contributed by atoms with Crippen LogP contribution in [0.2, 0.25) is 0 Å². The molecule has 1 atom stereocenters. The molecule has 1 aliphatic rings. The third kappa shape index (κ3) is 5.37. The summed E-state index contributed by atoms with van der Waals surface area (Å²) in [7, 11) is 1.83. The van der Waals surface area contributed by atoms with Crippen LogP contribution in [0.4, 0.5) is 8.78 Å². The van der Waals surface area contributed by atoms with E-state index in [0.717, 1.165) is 29.7 Å². The molecule has 2 aromatic carbocycles. The summed E-state index contributed by atoms with van der Waals surface area (Å²) in [5.41, 5.74) is 3.53. The first-order chi connectivity index (χ1) is 15.5. The number of pyridine rings is 1. The van der Waals surface area contributed by atoms with Crippen molar-refractivity contribution in [2.45, 2.75) is 31.8 Å². The van der Waals surface area contributed by atoms with Crippen LogP contribution in [-0.2, 0) is 17.8 Å². The van der Waals surface area contributed by atoms with Crippen LogP contribution in [-0.4, -0.2) is 40.8 Å². The summed E-state index contributed by atoms with van der Waals surface area (Å²) in [4.78, 5) is 21.3. The summed E-state index contributed by atoms with van der Waals surface area (Å²) >= 11 is 0. The summed E-state index contributed by atoms with van der Waals surface area (Å²) in [5, 5.41) is 0. The highest BCUT2D eigenvalue weighted by molar-refractivity contribution is 5.79. The van der Waals surface area contributed by atoms with Gasteiger partial charge in [0.05, 0.1) is 18.3 Å². The number of likely N-dealkylation sites (N-methyl/N-ethyl adjacent to an activating group) is 1. The average Bonchev–Trinajstić information content (AvgIpc) is 3.28. The van der Waals surface area contributed by atoms with Gasteiger partial charge in [0.1, 0.15) is 11.6 Å². The number of nitrogens with zero attached hydrogens (tertiary/aromatic N) is 3.